The summed E-state index contributed by atoms with van der Waals surface area (Å²) in [5, 5.41) is 2.70. The molecule has 0 aliphatic rings. The van der Waals surface area contributed by atoms with Crippen LogP contribution in [0.5, 0.6) is 11.5 Å². The molecular formula is C19H22FNO3S. The van der Waals surface area contributed by atoms with E-state index in [9.17, 15) is 9.18 Å². The molecule has 2 rings (SSSR count). The monoisotopic (exact) mass is 363 g/mol. The summed E-state index contributed by atoms with van der Waals surface area (Å²) < 4.78 is 23.7. The first kappa shape index (κ1) is 19.1. The van der Waals surface area contributed by atoms with E-state index in [1.807, 2.05) is 19.1 Å². The van der Waals surface area contributed by atoms with Crippen molar-refractivity contribution in [3.8, 4) is 11.5 Å². The van der Waals surface area contributed by atoms with Crippen LogP contribution in [0.1, 0.15) is 17.5 Å². The summed E-state index contributed by atoms with van der Waals surface area (Å²) in [6, 6.07) is 9.80. The van der Waals surface area contributed by atoms with Gasteiger partial charge in [-0.15, -0.1) is 0 Å². The van der Waals surface area contributed by atoms with E-state index in [0.29, 0.717) is 29.4 Å². The maximum atomic E-state index is 13.1. The maximum Gasteiger partial charge on any atom is 0.225 e. The molecule has 0 radical (unpaired) electrons. The van der Waals surface area contributed by atoms with E-state index < -0.39 is 0 Å². The fourth-order valence-corrected chi connectivity index (χ4v) is 3.32. The maximum absolute atomic E-state index is 13.1. The van der Waals surface area contributed by atoms with Gasteiger partial charge in [0.25, 0.3) is 0 Å². The Morgan fingerprint density at radius 1 is 1.16 bits per heavy atom. The Labute approximate surface area is 151 Å². The quantitative estimate of drug-likeness (QED) is 0.706. The number of hydrogen-bond acceptors (Lipinski definition) is 4. The molecular weight excluding hydrogens is 341 g/mol. The Bertz CT molecular complexity index is 737. The van der Waals surface area contributed by atoms with Crippen LogP contribution in [-0.4, -0.2) is 25.9 Å². The smallest absolute Gasteiger partial charge is 0.225 e. The summed E-state index contributed by atoms with van der Waals surface area (Å²) in [6.45, 7) is 2.02. The van der Waals surface area contributed by atoms with Crippen molar-refractivity contribution in [1.82, 2.24) is 0 Å². The van der Waals surface area contributed by atoms with Gasteiger partial charge in [0.1, 0.15) is 5.82 Å². The summed E-state index contributed by atoms with van der Waals surface area (Å²) in [6.07, 6.45) is 0.369. The molecule has 0 unspecified atom stereocenters. The molecule has 1 N–H and O–H groups in total. The molecule has 0 aliphatic carbocycles. The summed E-state index contributed by atoms with van der Waals surface area (Å²) in [4.78, 5) is 11.9. The first-order valence-corrected chi connectivity index (χ1v) is 9.03. The van der Waals surface area contributed by atoms with Gasteiger partial charge < -0.3 is 14.8 Å². The second kappa shape index (κ2) is 9.32. The average Bonchev–Trinajstić information content (AvgIpc) is 2.59. The summed E-state index contributed by atoms with van der Waals surface area (Å²) >= 11 is 1.66. The zero-order valence-electron chi connectivity index (χ0n) is 14.6. The Morgan fingerprint density at radius 3 is 2.56 bits per heavy atom. The van der Waals surface area contributed by atoms with Crippen LogP contribution in [0.4, 0.5) is 10.1 Å². The molecule has 0 aliphatic heterocycles. The van der Waals surface area contributed by atoms with Crippen molar-refractivity contribution in [2.45, 2.75) is 19.1 Å². The number of benzene rings is 2. The molecule has 0 aromatic heterocycles. The van der Waals surface area contributed by atoms with Crippen molar-refractivity contribution in [2.24, 2.45) is 0 Å². The second-order valence-electron chi connectivity index (χ2n) is 5.49. The Morgan fingerprint density at radius 2 is 1.88 bits per heavy atom. The highest BCUT2D eigenvalue weighted by molar-refractivity contribution is 7.98. The number of carbonyl (C=O) groups excluding carboxylic acids is 1. The van der Waals surface area contributed by atoms with E-state index >= 15 is 0 Å². The molecule has 2 aromatic rings. The minimum atomic E-state index is -0.365. The van der Waals surface area contributed by atoms with E-state index in [1.54, 1.807) is 38.1 Å². The molecule has 0 saturated heterocycles. The number of amides is 1. The first-order chi connectivity index (χ1) is 12.0. The van der Waals surface area contributed by atoms with Crippen LogP contribution in [0.3, 0.4) is 0 Å². The number of thioether (sulfide) groups is 1. The molecule has 1 amide bonds. The number of carbonyl (C=O) groups is 1. The Balaban J connectivity index is 1.82. The highest BCUT2D eigenvalue weighted by Gasteiger charge is 2.09. The lowest BCUT2D eigenvalue weighted by atomic mass is 10.1. The van der Waals surface area contributed by atoms with Crippen LogP contribution in [0.15, 0.2) is 36.4 Å². The zero-order chi connectivity index (χ0) is 18.2. The van der Waals surface area contributed by atoms with Crippen molar-refractivity contribution in [3.63, 3.8) is 0 Å². The summed E-state index contributed by atoms with van der Waals surface area (Å²) in [5.41, 5.74) is 2.74. The number of nitrogens with one attached hydrogen (secondary N) is 1. The number of methoxy groups -OCH3 is 2. The molecule has 0 heterocycles. The molecule has 2 aromatic carbocycles. The SMILES string of the molecule is COc1cc(C)c(CSCCC(=O)Nc2cccc(F)c2)cc1OC. The standard InChI is InChI=1S/C19H22FNO3S/c1-13-9-17(23-2)18(24-3)10-14(13)12-25-8-7-19(22)21-16-6-4-5-15(20)11-16/h4-6,9-11H,7-8,12H2,1-3H3,(H,21,22). The van der Waals surface area contributed by atoms with Crippen molar-refractivity contribution in [1.29, 1.82) is 0 Å². The number of anilines is 1. The number of ether oxygens (including phenoxy) is 2. The lowest BCUT2D eigenvalue weighted by molar-refractivity contribution is -0.115. The molecule has 0 bridgehead atoms. The average molecular weight is 363 g/mol. The highest BCUT2D eigenvalue weighted by atomic mass is 32.2. The van der Waals surface area contributed by atoms with Crippen molar-refractivity contribution in [3.05, 3.63) is 53.3 Å². The Kier molecular flexibility index (Phi) is 7.13. The van der Waals surface area contributed by atoms with Gasteiger partial charge in [-0.1, -0.05) is 6.07 Å². The Hall–Kier alpha value is -2.21. The van der Waals surface area contributed by atoms with Gasteiger partial charge >= 0.3 is 0 Å². The van der Waals surface area contributed by atoms with Gasteiger partial charge in [0.15, 0.2) is 11.5 Å². The van der Waals surface area contributed by atoms with E-state index in [1.165, 1.54) is 12.1 Å². The molecule has 134 valence electrons. The van der Waals surface area contributed by atoms with Crippen LogP contribution in [0, 0.1) is 12.7 Å². The number of halogens is 1. The van der Waals surface area contributed by atoms with E-state index in [0.717, 1.165) is 16.9 Å². The lowest BCUT2D eigenvalue weighted by Gasteiger charge is -2.12. The van der Waals surface area contributed by atoms with Crippen molar-refractivity contribution in [2.75, 3.05) is 25.3 Å². The third-order valence-electron chi connectivity index (χ3n) is 3.68. The fourth-order valence-electron chi connectivity index (χ4n) is 2.31. The molecule has 25 heavy (non-hydrogen) atoms. The molecule has 0 saturated carbocycles. The van der Waals surface area contributed by atoms with Gasteiger partial charge in [0.2, 0.25) is 5.91 Å². The van der Waals surface area contributed by atoms with Gasteiger partial charge in [0.05, 0.1) is 14.2 Å². The van der Waals surface area contributed by atoms with Crippen LogP contribution in [0.25, 0.3) is 0 Å². The molecule has 0 fully saturated rings. The van der Waals surface area contributed by atoms with Gasteiger partial charge in [0, 0.05) is 23.6 Å². The first-order valence-electron chi connectivity index (χ1n) is 7.88. The number of rotatable bonds is 8. The van der Waals surface area contributed by atoms with E-state index in [-0.39, 0.29) is 11.7 Å². The lowest BCUT2D eigenvalue weighted by Crippen LogP contribution is -2.12. The topological polar surface area (TPSA) is 47.6 Å². The fraction of sp³-hybridized carbons (Fsp3) is 0.316. The second-order valence-corrected chi connectivity index (χ2v) is 6.60. The largest absolute Gasteiger partial charge is 0.493 e. The van der Waals surface area contributed by atoms with Gasteiger partial charge in [-0.25, -0.2) is 4.39 Å². The van der Waals surface area contributed by atoms with Crippen molar-refractivity contribution < 1.29 is 18.7 Å². The predicted molar refractivity (Wildman–Crippen MR) is 100 cm³/mol. The third kappa shape index (κ3) is 5.67. The third-order valence-corrected chi connectivity index (χ3v) is 4.69. The van der Waals surface area contributed by atoms with Crippen LogP contribution in [0.2, 0.25) is 0 Å². The minimum Gasteiger partial charge on any atom is -0.493 e. The van der Waals surface area contributed by atoms with Gasteiger partial charge in [-0.05, 0) is 48.4 Å². The molecule has 4 nitrogen and oxygen atoms in total. The number of hydrogen-bond donors (Lipinski definition) is 1. The summed E-state index contributed by atoms with van der Waals surface area (Å²) in [7, 11) is 3.23. The normalized spacial score (nSPS) is 10.4. The molecule has 0 spiro atoms. The minimum absolute atomic E-state index is 0.123. The molecule has 6 heteroatoms. The highest BCUT2D eigenvalue weighted by Crippen LogP contribution is 2.31. The van der Waals surface area contributed by atoms with Crippen LogP contribution in [-0.2, 0) is 10.5 Å². The molecule has 0 atom stereocenters. The van der Waals surface area contributed by atoms with Crippen molar-refractivity contribution >= 4 is 23.4 Å². The number of aryl methyl sites for hydroxylation is 1. The van der Waals surface area contributed by atoms with E-state index in [4.69, 9.17) is 9.47 Å². The van der Waals surface area contributed by atoms with E-state index in [2.05, 4.69) is 5.32 Å². The van der Waals surface area contributed by atoms with Crippen LogP contribution >= 0.6 is 11.8 Å². The summed E-state index contributed by atoms with van der Waals surface area (Å²) in [5.74, 6) is 2.38. The van der Waals surface area contributed by atoms with Gasteiger partial charge in [-0.3, -0.25) is 4.79 Å². The van der Waals surface area contributed by atoms with Gasteiger partial charge in [-0.2, -0.15) is 11.8 Å². The zero-order valence-corrected chi connectivity index (χ0v) is 15.4. The van der Waals surface area contributed by atoms with Crippen LogP contribution < -0.4 is 14.8 Å². The predicted octanol–water partition coefficient (Wildman–Crippen LogP) is 4.41.